The second-order valence-corrected chi connectivity index (χ2v) is 4.75. The number of methoxy groups -OCH3 is 1. The fraction of sp³-hybridized carbons (Fsp3) is 0.545. The van der Waals surface area contributed by atoms with E-state index in [0.717, 1.165) is 28.8 Å². The monoisotopic (exact) mass is 268 g/mol. The van der Waals surface area contributed by atoms with E-state index < -0.39 is 0 Å². The maximum atomic E-state index is 5.03. The summed E-state index contributed by atoms with van der Waals surface area (Å²) < 4.78 is 14.3. The van der Waals surface area contributed by atoms with Crippen LogP contribution in [0.1, 0.15) is 17.3 Å². The van der Waals surface area contributed by atoms with Gasteiger partial charge in [-0.3, -0.25) is 0 Å². The molecule has 0 radical (unpaired) electrons. The predicted molar refractivity (Wildman–Crippen MR) is 68.8 cm³/mol. The molecule has 0 amide bonds. The number of hydrogen-bond donors (Lipinski definition) is 0. The zero-order valence-electron chi connectivity index (χ0n) is 10.7. The molecule has 0 fully saturated rings. The molecule has 0 unspecified atom stereocenters. The lowest BCUT2D eigenvalue weighted by molar-refractivity contribution is 0.201. The molecular weight excluding hydrogens is 252 g/mol. The van der Waals surface area contributed by atoms with Crippen molar-refractivity contribution in [2.75, 3.05) is 25.7 Å². The highest BCUT2D eigenvalue weighted by atomic mass is 32.1. The first-order valence-electron chi connectivity index (χ1n) is 5.64. The number of anilines is 1. The van der Waals surface area contributed by atoms with Crippen LogP contribution in [-0.4, -0.2) is 35.3 Å². The Labute approximate surface area is 110 Å². The molecule has 0 saturated heterocycles. The Hall–Kier alpha value is -1.47. The summed E-state index contributed by atoms with van der Waals surface area (Å²) in [5.74, 6) is 1.64. The summed E-state index contributed by atoms with van der Waals surface area (Å²) in [7, 11) is 3.64. The fourth-order valence-electron chi connectivity index (χ4n) is 1.50. The van der Waals surface area contributed by atoms with Gasteiger partial charge >= 0.3 is 0 Å². The Kier molecular flexibility index (Phi) is 4.27. The molecule has 0 aliphatic carbocycles. The molecule has 2 rings (SSSR count). The zero-order chi connectivity index (χ0) is 13.0. The van der Waals surface area contributed by atoms with Gasteiger partial charge in [-0.05, 0) is 6.92 Å². The van der Waals surface area contributed by atoms with Gasteiger partial charge in [-0.1, -0.05) is 5.16 Å². The second kappa shape index (κ2) is 5.92. The summed E-state index contributed by atoms with van der Waals surface area (Å²) in [5, 5.41) is 4.83. The van der Waals surface area contributed by atoms with Crippen LogP contribution in [0.4, 0.5) is 5.13 Å². The molecule has 0 bridgehead atoms. The van der Waals surface area contributed by atoms with Crippen LogP contribution in [0.15, 0.2) is 10.6 Å². The van der Waals surface area contributed by atoms with Crippen LogP contribution in [0.25, 0.3) is 0 Å². The van der Waals surface area contributed by atoms with Gasteiger partial charge in [-0.25, -0.2) is 4.98 Å². The van der Waals surface area contributed by atoms with Crippen LogP contribution in [0.3, 0.4) is 0 Å². The lowest BCUT2D eigenvalue weighted by Gasteiger charge is -2.12. The lowest BCUT2D eigenvalue weighted by Crippen LogP contribution is -2.16. The SMILES string of the molecule is COCCc1nsc(N(C)Cc2cc(C)on2)n1. The molecule has 0 N–H and O–H groups in total. The van der Waals surface area contributed by atoms with Crippen molar-refractivity contribution >= 4 is 16.7 Å². The van der Waals surface area contributed by atoms with Crippen molar-refractivity contribution in [2.24, 2.45) is 0 Å². The third kappa shape index (κ3) is 3.27. The molecule has 98 valence electrons. The number of hydrogen-bond acceptors (Lipinski definition) is 7. The van der Waals surface area contributed by atoms with Gasteiger partial charge in [0.05, 0.1) is 13.2 Å². The third-order valence-corrected chi connectivity index (χ3v) is 3.26. The van der Waals surface area contributed by atoms with Crippen LogP contribution in [0, 0.1) is 6.92 Å². The van der Waals surface area contributed by atoms with Crippen LogP contribution in [0.2, 0.25) is 0 Å². The maximum absolute atomic E-state index is 5.03. The minimum absolute atomic E-state index is 0.641. The smallest absolute Gasteiger partial charge is 0.205 e. The average molecular weight is 268 g/mol. The first kappa shape index (κ1) is 13.0. The summed E-state index contributed by atoms with van der Waals surface area (Å²) in [4.78, 5) is 6.45. The highest BCUT2D eigenvalue weighted by molar-refractivity contribution is 7.09. The Morgan fingerprint density at radius 2 is 2.33 bits per heavy atom. The highest BCUT2D eigenvalue weighted by Crippen LogP contribution is 2.18. The van der Waals surface area contributed by atoms with Crippen molar-refractivity contribution in [1.82, 2.24) is 14.5 Å². The van der Waals surface area contributed by atoms with Gasteiger partial charge in [-0.15, -0.1) is 0 Å². The number of rotatable bonds is 6. The number of nitrogens with zero attached hydrogens (tertiary/aromatic N) is 4. The topological polar surface area (TPSA) is 64.3 Å². The van der Waals surface area contributed by atoms with Gasteiger partial charge < -0.3 is 14.2 Å². The highest BCUT2D eigenvalue weighted by Gasteiger charge is 2.11. The Balaban J connectivity index is 1.96. The minimum atomic E-state index is 0.641. The van der Waals surface area contributed by atoms with Gasteiger partial charge in [0.15, 0.2) is 0 Å². The van der Waals surface area contributed by atoms with Gasteiger partial charge in [0.25, 0.3) is 0 Å². The van der Waals surface area contributed by atoms with Crippen molar-refractivity contribution in [1.29, 1.82) is 0 Å². The predicted octanol–water partition coefficient (Wildman–Crippen LogP) is 1.66. The van der Waals surface area contributed by atoms with Gasteiger partial charge in [0.1, 0.15) is 17.3 Å². The summed E-state index contributed by atoms with van der Waals surface area (Å²) >= 11 is 1.39. The summed E-state index contributed by atoms with van der Waals surface area (Å²) in [6.07, 6.45) is 0.740. The second-order valence-electron chi connectivity index (χ2n) is 4.02. The molecule has 2 heterocycles. The molecule has 0 aliphatic rings. The molecule has 18 heavy (non-hydrogen) atoms. The van der Waals surface area contributed by atoms with E-state index >= 15 is 0 Å². The average Bonchev–Trinajstić information content (AvgIpc) is 2.96. The molecule has 6 nitrogen and oxygen atoms in total. The van der Waals surface area contributed by atoms with Gasteiger partial charge in [-0.2, -0.15) is 4.37 Å². The molecule has 7 heteroatoms. The Bertz CT molecular complexity index is 497. The standard InChI is InChI=1S/C11H16N4O2S/c1-8-6-9(13-17-8)7-15(2)11-12-10(14-18-11)4-5-16-3/h6H,4-5,7H2,1-3H3. The van der Waals surface area contributed by atoms with Crippen molar-refractivity contribution in [3.63, 3.8) is 0 Å². The molecule has 0 aromatic carbocycles. The quantitative estimate of drug-likeness (QED) is 0.794. The molecular formula is C11H16N4O2S. The molecule has 0 saturated carbocycles. The molecule has 2 aromatic rings. The van der Waals surface area contributed by atoms with Crippen molar-refractivity contribution < 1.29 is 9.26 Å². The largest absolute Gasteiger partial charge is 0.384 e. The molecule has 2 aromatic heterocycles. The minimum Gasteiger partial charge on any atom is -0.384 e. The van der Waals surface area contributed by atoms with E-state index in [0.29, 0.717) is 13.2 Å². The Morgan fingerprint density at radius 3 is 3.00 bits per heavy atom. The third-order valence-electron chi connectivity index (χ3n) is 2.39. The summed E-state index contributed by atoms with van der Waals surface area (Å²) in [5.41, 5.74) is 0.892. The number of ether oxygens (including phenoxy) is 1. The van der Waals surface area contributed by atoms with Gasteiger partial charge in [0, 0.05) is 38.2 Å². The zero-order valence-corrected chi connectivity index (χ0v) is 11.5. The summed E-state index contributed by atoms with van der Waals surface area (Å²) in [6.45, 7) is 3.18. The van der Waals surface area contributed by atoms with Crippen LogP contribution >= 0.6 is 11.5 Å². The van der Waals surface area contributed by atoms with Crippen molar-refractivity contribution in [2.45, 2.75) is 19.9 Å². The van der Waals surface area contributed by atoms with Crippen molar-refractivity contribution in [3.8, 4) is 0 Å². The van der Waals surface area contributed by atoms with E-state index in [1.165, 1.54) is 11.5 Å². The van der Waals surface area contributed by atoms with E-state index in [2.05, 4.69) is 14.5 Å². The fourth-order valence-corrected chi connectivity index (χ4v) is 2.17. The molecule has 0 spiro atoms. The van der Waals surface area contributed by atoms with Crippen LogP contribution in [0.5, 0.6) is 0 Å². The van der Waals surface area contributed by atoms with E-state index in [9.17, 15) is 0 Å². The number of aryl methyl sites for hydroxylation is 1. The van der Waals surface area contributed by atoms with Crippen LogP contribution < -0.4 is 4.90 Å². The van der Waals surface area contributed by atoms with E-state index in [1.807, 2.05) is 24.9 Å². The summed E-state index contributed by atoms with van der Waals surface area (Å²) in [6, 6.07) is 1.92. The van der Waals surface area contributed by atoms with E-state index in [4.69, 9.17) is 9.26 Å². The normalized spacial score (nSPS) is 10.8. The lowest BCUT2D eigenvalue weighted by atomic mass is 10.3. The first-order chi connectivity index (χ1) is 8.69. The molecule has 0 aliphatic heterocycles. The van der Waals surface area contributed by atoms with Gasteiger partial charge in [0.2, 0.25) is 5.13 Å². The first-order valence-corrected chi connectivity index (χ1v) is 6.41. The Morgan fingerprint density at radius 1 is 1.50 bits per heavy atom. The molecule has 0 atom stereocenters. The van der Waals surface area contributed by atoms with Crippen molar-refractivity contribution in [3.05, 3.63) is 23.3 Å². The van der Waals surface area contributed by atoms with E-state index in [1.54, 1.807) is 7.11 Å². The van der Waals surface area contributed by atoms with E-state index in [-0.39, 0.29) is 0 Å². The van der Waals surface area contributed by atoms with Crippen LogP contribution in [-0.2, 0) is 17.7 Å². The maximum Gasteiger partial charge on any atom is 0.205 e. The number of aromatic nitrogens is 3.